The molecule has 1 aromatic carbocycles. The van der Waals surface area contributed by atoms with Crippen molar-refractivity contribution in [3.63, 3.8) is 0 Å². The van der Waals surface area contributed by atoms with Gasteiger partial charge in [-0.05, 0) is 32.1 Å². The SMILES string of the molecule is COC(=O)COC(=O)/C=C/c1c(C)nn(-c2ccccc2)c1C. The van der Waals surface area contributed by atoms with E-state index in [-0.39, 0.29) is 0 Å². The quantitative estimate of drug-likeness (QED) is 0.625. The molecular weight excluding hydrogens is 296 g/mol. The van der Waals surface area contributed by atoms with E-state index in [9.17, 15) is 9.59 Å². The molecular formula is C17H18N2O4. The molecule has 2 aromatic rings. The number of benzene rings is 1. The number of aromatic nitrogens is 2. The Labute approximate surface area is 134 Å². The summed E-state index contributed by atoms with van der Waals surface area (Å²) in [6.45, 7) is 3.39. The summed E-state index contributed by atoms with van der Waals surface area (Å²) in [6, 6.07) is 9.72. The molecule has 1 heterocycles. The highest BCUT2D eigenvalue weighted by molar-refractivity contribution is 5.88. The van der Waals surface area contributed by atoms with Crippen LogP contribution in [0.5, 0.6) is 0 Å². The molecule has 2 rings (SSSR count). The Balaban J connectivity index is 2.15. The van der Waals surface area contributed by atoms with Gasteiger partial charge in [0.25, 0.3) is 0 Å². The van der Waals surface area contributed by atoms with Crippen molar-refractivity contribution in [1.82, 2.24) is 9.78 Å². The number of para-hydroxylation sites is 1. The number of nitrogens with zero attached hydrogens (tertiary/aromatic N) is 2. The molecule has 0 aliphatic carbocycles. The maximum atomic E-state index is 11.6. The standard InChI is InChI=1S/C17H18N2O4/c1-12-15(9-10-16(20)23-11-17(21)22-3)13(2)19(18-12)14-7-5-4-6-8-14/h4-10H,11H2,1-3H3/b10-9+. The van der Waals surface area contributed by atoms with E-state index < -0.39 is 18.5 Å². The molecule has 0 amide bonds. The molecule has 0 saturated carbocycles. The summed E-state index contributed by atoms with van der Waals surface area (Å²) < 4.78 is 11.0. The molecule has 23 heavy (non-hydrogen) atoms. The monoisotopic (exact) mass is 314 g/mol. The lowest BCUT2D eigenvalue weighted by Gasteiger charge is -2.03. The van der Waals surface area contributed by atoms with Gasteiger partial charge >= 0.3 is 11.9 Å². The first-order chi connectivity index (χ1) is 11.0. The number of ether oxygens (including phenoxy) is 2. The molecule has 0 N–H and O–H groups in total. The fourth-order valence-electron chi connectivity index (χ4n) is 2.11. The molecule has 0 radical (unpaired) electrons. The second kappa shape index (κ2) is 7.40. The van der Waals surface area contributed by atoms with Crippen LogP contribution in [0.25, 0.3) is 11.8 Å². The summed E-state index contributed by atoms with van der Waals surface area (Å²) in [5.41, 5.74) is 3.49. The summed E-state index contributed by atoms with van der Waals surface area (Å²) in [4.78, 5) is 22.5. The van der Waals surface area contributed by atoms with Gasteiger partial charge in [0.2, 0.25) is 0 Å². The van der Waals surface area contributed by atoms with E-state index in [4.69, 9.17) is 4.74 Å². The van der Waals surface area contributed by atoms with Gasteiger partial charge in [-0.15, -0.1) is 0 Å². The molecule has 0 atom stereocenters. The second-order valence-electron chi connectivity index (χ2n) is 4.85. The predicted molar refractivity (Wildman–Crippen MR) is 85.0 cm³/mol. The Hall–Kier alpha value is -2.89. The Bertz CT molecular complexity index is 733. The van der Waals surface area contributed by atoms with E-state index >= 15 is 0 Å². The average molecular weight is 314 g/mol. The fourth-order valence-corrected chi connectivity index (χ4v) is 2.11. The van der Waals surface area contributed by atoms with Crippen molar-refractivity contribution in [3.05, 3.63) is 53.4 Å². The smallest absolute Gasteiger partial charge is 0.344 e. The Kier molecular flexibility index (Phi) is 5.30. The normalized spacial score (nSPS) is 10.7. The maximum absolute atomic E-state index is 11.6. The van der Waals surface area contributed by atoms with Crippen molar-refractivity contribution in [2.75, 3.05) is 13.7 Å². The van der Waals surface area contributed by atoms with Gasteiger partial charge in [0.1, 0.15) is 0 Å². The van der Waals surface area contributed by atoms with Crippen molar-refractivity contribution < 1.29 is 19.1 Å². The Morgan fingerprint density at radius 3 is 2.57 bits per heavy atom. The third-order valence-electron chi connectivity index (χ3n) is 3.29. The molecule has 6 heteroatoms. The minimum atomic E-state index is -0.610. The van der Waals surface area contributed by atoms with Crippen molar-refractivity contribution in [3.8, 4) is 5.69 Å². The number of esters is 2. The topological polar surface area (TPSA) is 70.4 Å². The zero-order chi connectivity index (χ0) is 16.8. The van der Waals surface area contributed by atoms with Gasteiger partial charge < -0.3 is 9.47 Å². The lowest BCUT2D eigenvalue weighted by molar-refractivity contribution is -0.154. The molecule has 0 aliphatic rings. The first kappa shape index (κ1) is 16.5. The van der Waals surface area contributed by atoms with Crippen LogP contribution in [0.3, 0.4) is 0 Å². The average Bonchev–Trinajstić information content (AvgIpc) is 2.85. The molecule has 0 aliphatic heterocycles. The van der Waals surface area contributed by atoms with Crippen molar-refractivity contribution in [2.24, 2.45) is 0 Å². The minimum Gasteiger partial charge on any atom is -0.466 e. The van der Waals surface area contributed by atoms with Gasteiger partial charge in [0, 0.05) is 17.3 Å². The van der Waals surface area contributed by atoms with Crippen LogP contribution in [0, 0.1) is 13.8 Å². The zero-order valence-electron chi connectivity index (χ0n) is 13.3. The number of carbonyl (C=O) groups excluding carboxylic acids is 2. The van der Waals surface area contributed by atoms with Crippen LogP contribution < -0.4 is 0 Å². The number of aryl methyl sites for hydroxylation is 1. The summed E-state index contributed by atoms with van der Waals surface area (Å²) in [5, 5.41) is 4.49. The van der Waals surface area contributed by atoms with Crippen LogP contribution >= 0.6 is 0 Å². The van der Waals surface area contributed by atoms with Crippen LogP contribution in [0.15, 0.2) is 36.4 Å². The van der Waals surface area contributed by atoms with E-state index in [0.717, 1.165) is 22.6 Å². The number of hydrogen-bond acceptors (Lipinski definition) is 5. The molecule has 0 unspecified atom stereocenters. The third kappa shape index (κ3) is 4.06. The van der Waals surface area contributed by atoms with Gasteiger partial charge in [-0.25, -0.2) is 14.3 Å². The van der Waals surface area contributed by atoms with Crippen LogP contribution in [0.2, 0.25) is 0 Å². The Morgan fingerprint density at radius 2 is 1.91 bits per heavy atom. The number of hydrogen-bond donors (Lipinski definition) is 0. The Morgan fingerprint density at radius 1 is 1.22 bits per heavy atom. The van der Waals surface area contributed by atoms with Crippen LogP contribution in [0.4, 0.5) is 0 Å². The lowest BCUT2D eigenvalue weighted by atomic mass is 10.2. The largest absolute Gasteiger partial charge is 0.466 e. The van der Waals surface area contributed by atoms with E-state index in [2.05, 4.69) is 9.84 Å². The van der Waals surface area contributed by atoms with E-state index in [0.29, 0.717) is 0 Å². The highest BCUT2D eigenvalue weighted by atomic mass is 16.6. The summed E-state index contributed by atoms with van der Waals surface area (Å²) in [5.74, 6) is -1.21. The molecule has 0 saturated heterocycles. The van der Waals surface area contributed by atoms with Gasteiger partial charge in [-0.2, -0.15) is 5.10 Å². The van der Waals surface area contributed by atoms with Gasteiger partial charge in [0.05, 0.1) is 18.5 Å². The first-order valence-corrected chi connectivity index (χ1v) is 7.06. The maximum Gasteiger partial charge on any atom is 0.344 e. The van der Waals surface area contributed by atoms with Gasteiger partial charge in [-0.3, -0.25) is 0 Å². The predicted octanol–water partition coefficient (Wildman–Crippen LogP) is 2.22. The van der Waals surface area contributed by atoms with Crippen molar-refractivity contribution in [2.45, 2.75) is 13.8 Å². The number of carbonyl (C=O) groups is 2. The molecule has 0 spiro atoms. The first-order valence-electron chi connectivity index (χ1n) is 7.06. The van der Waals surface area contributed by atoms with E-state index in [1.54, 1.807) is 6.08 Å². The summed E-state index contributed by atoms with van der Waals surface area (Å²) in [7, 11) is 1.23. The second-order valence-corrected chi connectivity index (χ2v) is 4.85. The van der Waals surface area contributed by atoms with Crippen molar-refractivity contribution in [1.29, 1.82) is 0 Å². The molecule has 120 valence electrons. The lowest BCUT2D eigenvalue weighted by Crippen LogP contribution is -2.13. The highest BCUT2D eigenvalue weighted by Crippen LogP contribution is 2.19. The highest BCUT2D eigenvalue weighted by Gasteiger charge is 2.11. The fraction of sp³-hybridized carbons (Fsp3) is 0.235. The molecule has 6 nitrogen and oxygen atoms in total. The third-order valence-corrected chi connectivity index (χ3v) is 3.29. The number of methoxy groups -OCH3 is 1. The molecule has 0 fully saturated rings. The zero-order valence-corrected chi connectivity index (χ0v) is 13.3. The number of rotatable bonds is 5. The van der Waals surface area contributed by atoms with Crippen LogP contribution in [-0.2, 0) is 19.1 Å². The van der Waals surface area contributed by atoms with E-state index in [1.165, 1.54) is 13.2 Å². The summed E-state index contributed by atoms with van der Waals surface area (Å²) in [6.07, 6.45) is 2.91. The van der Waals surface area contributed by atoms with Gasteiger partial charge in [-0.1, -0.05) is 18.2 Å². The van der Waals surface area contributed by atoms with E-state index in [1.807, 2.05) is 48.9 Å². The van der Waals surface area contributed by atoms with Gasteiger partial charge in [0.15, 0.2) is 6.61 Å². The molecule has 1 aromatic heterocycles. The van der Waals surface area contributed by atoms with Crippen LogP contribution in [-0.4, -0.2) is 35.4 Å². The van der Waals surface area contributed by atoms with Crippen LogP contribution in [0.1, 0.15) is 17.0 Å². The summed E-state index contributed by atoms with van der Waals surface area (Å²) >= 11 is 0. The van der Waals surface area contributed by atoms with Crippen molar-refractivity contribution >= 4 is 18.0 Å². The minimum absolute atomic E-state index is 0.402. The molecule has 0 bridgehead atoms.